The molecule has 1 aliphatic rings. The van der Waals surface area contributed by atoms with Crippen molar-refractivity contribution < 1.29 is 0 Å². The highest BCUT2D eigenvalue weighted by atomic mass is 15.2. The van der Waals surface area contributed by atoms with Crippen molar-refractivity contribution in [3.05, 3.63) is 11.9 Å². The van der Waals surface area contributed by atoms with Gasteiger partial charge >= 0.3 is 0 Å². The maximum absolute atomic E-state index is 4.58. The highest BCUT2D eigenvalue weighted by Crippen LogP contribution is 2.31. The molecule has 1 heterocycles. The van der Waals surface area contributed by atoms with E-state index in [9.17, 15) is 0 Å². The predicted octanol–water partition coefficient (Wildman–Crippen LogP) is 3.24. The quantitative estimate of drug-likeness (QED) is 0.854. The highest BCUT2D eigenvalue weighted by Gasteiger charge is 2.25. The Morgan fingerprint density at radius 1 is 1.21 bits per heavy atom. The number of hydrogen-bond donors (Lipinski definition) is 1. The first-order chi connectivity index (χ1) is 9.31. The van der Waals surface area contributed by atoms with Gasteiger partial charge in [-0.2, -0.15) is 0 Å². The third kappa shape index (κ3) is 2.99. The molecule has 1 aliphatic carbocycles. The minimum absolute atomic E-state index is 0.666. The molecule has 1 saturated carbocycles. The van der Waals surface area contributed by atoms with Gasteiger partial charge in [0, 0.05) is 24.7 Å². The van der Waals surface area contributed by atoms with Crippen molar-refractivity contribution in [1.29, 1.82) is 0 Å². The molecule has 4 heteroatoms. The summed E-state index contributed by atoms with van der Waals surface area (Å²) in [7, 11) is 0. The molecule has 4 nitrogen and oxygen atoms in total. The van der Waals surface area contributed by atoms with Crippen LogP contribution in [-0.4, -0.2) is 29.1 Å². The number of nitrogens with one attached hydrogen (secondary N) is 1. The summed E-state index contributed by atoms with van der Waals surface area (Å²) in [6.07, 6.45) is 7.99. The van der Waals surface area contributed by atoms with Crippen LogP contribution in [0.3, 0.4) is 0 Å². The number of anilines is 2. The number of nitrogens with zero attached hydrogens (tertiary/aromatic N) is 3. The van der Waals surface area contributed by atoms with Gasteiger partial charge in [-0.05, 0) is 33.1 Å². The Hall–Kier alpha value is -1.32. The molecule has 19 heavy (non-hydrogen) atoms. The molecule has 0 bridgehead atoms. The second kappa shape index (κ2) is 6.73. The van der Waals surface area contributed by atoms with E-state index in [2.05, 4.69) is 41.0 Å². The summed E-state index contributed by atoms with van der Waals surface area (Å²) in [5.74, 6) is 2.15. The Balaban J connectivity index is 2.32. The Morgan fingerprint density at radius 2 is 1.95 bits per heavy atom. The summed E-state index contributed by atoms with van der Waals surface area (Å²) in [6.45, 7) is 8.45. The Morgan fingerprint density at radius 3 is 2.53 bits per heavy atom. The topological polar surface area (TPSA) is 41.1 Å². The second-order valence-electron chi connectivity index (χ2n) is 5.13. The van der Waals surface area contributed by atoms with Crippen LogP contribution in [0.25, 0.3) is 0 Å². The zero-order valence-corrected chi connectivity index (χ0v) is 12.4. The lowest BCUT2D eigenvalue weighted by Crippen LogP contribution is -2.34. The van der Waals surface area contributed by atoms with E-state index < -0.39 is 0 Å². The molecule has 0 aromatic carbocycles. The van der Waals surface area contributed by atoms with Gasteiger partial charge in [0.15, 0.2) is 0 Å². The number of aromatic nitrogens is 2. The summed E-state index contributed by atoms with van der Waals surface area (Å²) >= 11 is 0. The van der Waals surface area contributed by atoms with E-state index in [4.69, 9.17) is 0 Å². The van der Waals surface area contributed by atoms with Gasteiger partial charge in [-0.1, -0.05) is 19.8 Å². The lowest BCUT2D eigenvalue weighted by molar-refractivity contribution is 0.609. The fourth-order valence-corrected chi connectivity index (χ4v) is 3.09. The normalized spacial score (nSPS) is 15.7. The van der Waals surface area contributed by atoms with Gasteiger partial charge in [0.25, 0.3) is 0 Å². The maximum atomic E-state index is 4.58. The van der Waals surface area contributed by atoms with Crippen LogP contribution in [0.5, 0.6) is 0 Å². The minimum atomic E-state index is 0.666. The highest BCUT2D eigenvalue weighted by molar-refractivity contribution is 5.59. The molecule has 2 rings (SSSR count). The van der Waals surface area contributed by atoms with Crippen LogP contribution < -0.4 is 10.2 Å². The van der Waals surface area contributed by atoms with Crippen LogP contribution >= 0.6 is 0 Å². The molecule has 0 radical (unpaired) electrons. The standard InChI is InChI=1S/C15H26N4/c1-4-13-14(16-5-2)17-11-18-15(13)19(6-3)12-9-7-8-10-12/h11-12H,4-10H2,1-3H3,(H,16,17,18). The van der Waals surface area contributed by atoms with Gasteiger partial charge in [-0.3, -0.25) is 0 Å². The molecule has 1 N–H and O–H groups in total. The van der Waals surface area contributed by atoms with E-state index in [1.54, 1.807) is 6.33 Å². The van der Waals surface area contributed by atoms with E-state index in [0.717, 1.165) is 31.1 Å². The molecule has 0 saturated heterocycles. The number of hydrogen-bond acceptors (Lipinski definition) is 4. The smallest absolute Gasteiger partial charge is 0.137 e. The third-order valence-corrected chi connectivity index (χ3v) is 4.00. The molecule has 1 aromatic rings. The molecule has 1 fully saturated rings. The summed E-state index contributed by atoms with van der Waals surface area (Å²) in [5, 5.41) is 3.36. The van der Waals surface area contributed by atoms with Crippen molar-refractivity contribution in [2.75, 3.05) is 23.3 Å². The van der Waals surface area contributed by atoms with E-state index >= 15 is 0 Å². The van der Waals surface area contributed by atoms with Crippen molar-refractivity contribution >= 4 is 11.6 Å². The van der Waals surface area contributed by atoms with Crippen LogP contribution in [0.2, 0.25) is 0 Å². The van der Waals surface area contributed by atoms with Crippen molar-refractivity contribution in [3.8, 4) is 0 Å². The van der Waals surface area contributed by atoms with Crippen LogP contribution in [-0.2, 0) is 6.42 Å². The van der Waals surface area contributed by atoms with Crippen LogP contribution in [0, 0.1) is 0 Å². The zero-order chi connectivity index (χ0) is 13.7. The molecule has 0 unspecified atom stereocenters. The fraction of sp³-hybridized carbons (Fsp3) is 0.733. The first-order valence-corrected chi connectivity index (χ1v) is 7.66. The predicted molar refractivity (Wildman–Crippen MR) is 80.8 cm³/mol. The SMILES string of the molecule is CCNc1ncnc(N(CC)C2CCCC2)c1CC. The molecule has 0 spiro atoms. The van der Waals surface area contributed by atoms with Crippen molar-refractivity contribution in [2.45, 2.75) is 58.9 Å². The Labute approximate surface area is 116 Å². The van der Waals surface area contributed by atoms with Gasteiger partial charge in [-0.15, -0.1) is 0 Å². The van der Waals surface area contributed by atoms with Gasteiger partial charge in [0.05, 0.1) is 0 Å². The minimum Gasteiger partial charge on any atom is -0.370 e. The van der Waals surface area contributed by atoms with Crippen molar-refractivity contribution in [2.24, 2.45) is 0 Å². The number of rotatable bonds is 6. The lowest BCUT2D eigenvalue weighted by atomic mass is 10.1. The maximum Gasteiger partial charge on any atom is 0.137 e. The molecular formula is C15H26N4. The molecule has 0 aliphatic heterocycles. The van der Waals surface area contributed by atoms with Crippen molar-refractivity contribution in [1.82, 2.24) is 9.97 Å². The van der Waals surface area contributed by atoms with E-state index in [-0.39, 0.29) is 0 Å². The first-order valence-electron chi connectivity index (χ1n) is 7.66. The van der Waals surface area contributed by atoms with Gasteiger partial charge in [0.1, 0.15) is 18.0 Å². The van der Waals surface area contributed by atoms with Crippen LogP contribution in [0.1, 0.15) is 52.0 Å². The molecular weight excluding hydrogens is 236 g/mol. The Bertz CT molecular complexity index is 399. The van der Waals surface area contributed by atoms with Gasteiger partial charge in [-0.25, -0.2) is 9.97 Å². The van der Waals surface area contributed by atoms with Crippen molar-refractivity contribution in [3.63, 3.8) is 0 Å². The largest absolute Gasteiger partial charge is 0.370 e. The average molecular weight is 262 g/mol. The summed E-state index contributed by atoms with van der Waals surface area (Å²) in [5.41, 5.74) is 1.26. The Kier molecular flexibility index (Phi) is 5.00. The van der Waals surface area contributed by atoms with E-state index in [1.165, 1.54) is 31.2 Å². The zero-order valence-electron chi connectivity index (χ0n) is 12.4. The van der Waals surface area contributed by atoms with Gasteiger partial charge < -0.3 is 10.2 Å². The average Bonchev–Trinajstić information content (AvgIpc) is 2.94. The fourth-order valence-electron chi connectivity index (χ4n) is 3.09. The van der Waals surface area contributed by atoms with E-state index in [1.807, 2.05) is 0 Å². The molecule has 106 valence electrons. The molecule has 0 amide bonds. The molecule has 0 atom stereocenters. The summed E-state index contributed by atoms with van der Waals surface area (Å²) in [6, 6.07) is 0.666. The lowest BCUT2D eigenvalue weighted by Gasteiger charge is -2.30. The molecule has 1 aromatic heterocycles. The van der Waals surface area contributed by atoms with Crippen LogP contribution in [0.4, 0.5) is 11.6 Å². The van der Waals surface area contributed by atoms with Crippen LogP contribution in [0.15, 0.2) is 6.33 Å². The second-order valence-corrected chi connectivity index (χ2v) is 5.13. The van der Waals surface area contributed by atoms with E-state index in [0.29, 0.717) is 6.04 Å². The third-order valence-electron chi connectivity index (χ3n) is 4.00. The first kappa shape index (κ1) is 14.1. The van der Waals surface area contributed by atoms with Gasteiger partial charge in [0.2, 0.25) is 0 Å². The summed E-state index contributed by atoms with van der Waals surface area (Å²) < 4.78 is 0. The summed E-state index contributed by atoms with van der Waals surface area (Å²) in [4.78, 5) is 11.5. The monoisotopic (exact) mass is 262 g/mol.